The fourth-order valence-corrected chi connectivity index (χ4v) is 1.13. The zero-order chi connectivity index (χ0) is 12.1. The molecular formula is C10H11FN2O3. The van der Waals surface area contributed by atoms with E-state index in [-0.39, 0.29) is 18.1 Å². The predicted molar refractivity (Wildman–Crippen MR) is 55.9 cm³/mol. The largest absolute Gasteiger partial charge is 0.478 e. The van der Waals surface area contributed by atoms with Gasteiger partial charge in [0.1, 0.15) is 5.82 Å². The molecule has 0 atom stereocenters. The Hall–Kier alpha value is -1.95. The number of likely N-dealkylation sites (N-methyl/N-ethyl adjacent to an activating group) is 1. The quantitative estimate of drug-likeness (QED) is 0.705. The molecule has 6 heteroatoms. The topological polar surface area (TPSA) is 78.4 Å². The van der Waals surface area contributed by atoms with Crippen LogP contribution in [0.2, 0.25) is 0 Å². The van der Waals surface area contributed by atoms with Crippen molar-refractivity contribution in [2.24, 2.45) is 0 Å². The molecular weight excluding hydrogens is 215 g/mol. The number of hydrogen-bond donors (Lipinski definition) is 3. The summed E-state index contributed by atoms with van der Waals surface area (Å²) in [6.45, 7) is 0.0995. The minimum Gasteiger partial charge on any atom is -0.478 e. The maximum absolute atomic E-state index is 13.2. The van der Waals surface area contributed by atoms with E-state index in [1.54, 1.807) is 7.05 Å². The van der Waals surface area contributed by atoms with Gasteiger partial charge in [0.05, 0.1) is 12.1 Å². The van der Waals surface area contributed by atoms with Gasteiger partial charge in [-0.2, -0.15) is 0 Å². The van der Waals surface area contributed by atoms with Gasteiger partial charge in [-0.15, -0.1) is 0 Å². The lowest BCUT2D eigenvalue weighted by Crippen LogP contribution is -2.25. The SMILES string of the molecule is CNCC(=O)Nc1ccc(C(=O)O)c(F)c1. The summed E-state index contributed by atoms with van der Waals surface area (Å²) in [5.41, 5.74) is -0.200. The predicted octanol–water partition coefficient (Wildman–Crippen LogP) is 0.682. The lowest BCUT2D eigenvalue weighted by atomic mass is 10.2. The molecule has 1 aromatic carbocycles. The van der Waals surface area contributed by atoms with Gasteiger partial charge in [0.15, 0.2) is 0 Å². The first-order valence-corrected chi connectivity index (χ1v) is 4.52. The molecule has 0 saturated carbocycles. The first kappa shape index (κ1) is 12.1. The van der Waals surface area contributed by atoms with Crippen molar-refractivity contribution < 1.29 is 19.1 Å². The van der Waals surface area contributed by atoms with Crippen molar-refractivity contribution in [3.05, 3.63) is 29.6 Å². The summed E-state index contributed by atoms with van der Waals surface area (Å²) < 4.78 is 13.2. The molecule has 1 aromatic rings. The highest BCUT2D eigenvalue weighted by Crippen LogP contribution is 2.14. The molecule has 0 saturated heterocycles. The number of carboxylic acids is 1. The van der Waals surface area contributed by atoms with E-state index in [1.807, 2.05) is 0 Å². The number of benzene rings is 1. The van der Waals surface area contributed by atoms with Crippen LogP contribution in [0.25, 0.3) is 0 Å². The zero-order valence-corrected chi connectivity index (χ0v) is 8.58. The summed E-state index contributed by atoms with van der Waals surface area (Å²) >= 11 is 0. The molecule has 1 rings (SSSR count). The van der Waals surface area contributed by atoms with Gasteiger partial charge in [-0.3, -0.25) is 4.79 Å². The minimum atomic E-state index is -1.34. The van der Waals surface area contributed by atoms with Crippen LogP contribution in [-0.4, -0.2) is 30.6 Å². The van der Waals surface area contributed by atoms with Crippen LogP contribution in [0.1, 0.15) is 10.4 Å². The molecule has 0 aliphatic carbocycles. The smallest absolute Gasteiger partial charge is 0.338 e. The van der Waals surface area contributed by atoms with Crippen molar-refractivity contribution in [2.45, 2.75) is 0 Å². The van der Waals surface area contributed by atoms with Crippen molar-refractivity contribution >= 4 is 17.6 Å². The van der Waals surface area contributed by atoms with Gasteiger partial charge in [0.2, 0.25) is 5.91 Å². The Kier molecular flexibility index (Phi) is 3.96. The number of rotatable bonds is 4. The van der Waals surface area contributed by atoms with E-state index >= 15 is 0 Å². The molecule has 0 fully saturated rings. The van der Waals surface area contributed by atoms with Crippen LogP contribution in [0.3, 0.4) is 0 Å². The Morgan fingerprint density at radius 1 is 1.44 bits per heavy atom. The molecule has 3 N–H and O–H groups in total. The number of nitrogens with one attached hydrogen (secondary N) is 2. The van der Waals surface area contributed by atoms with Crippen molar-refractivity contribution in [3.8, 4) is 0 Å². The van der Waals surface area contributed by atoms with Crippen molar-refractivity contribution in [2.75, 3.05) is 18.9 Å². The maximum Gasteiger partial charge on any atom is 0.338 e. The standard InChI is InChI=1S/C10H11FN2O3/c1-12-5-9(14)13-6-2-3-7(10(15)16)8(11)4-6/h2-4,12H,5H2,1H3,(H,13,14)(H,15,16). The first-order valence-electron chi connectivity index (χ1n) is 4.52. The van der Waals surface area contributed by atoms with Crippen molar-refractivity contribution in [3.63, 3.8) is 0 Å². The summed E-state index contributed by atoms with van der Waals surface area (Å²) in [5.74, 6) is -2.55. The van der Waals surface area contributed by atoms with Crippen LogP contribution in [-0.2, 0) is 4.79 Å². The van der Waals surface area contributed by atoms with E-state index in [1.165, 1.54) is 6.07 Å². The molecule has 0 aliphatic heterocycles. The van der Waals surface area contributed by atoms with Gasteiger partial charge in [-0.1, -0.05) is 0 Å². The normalized spacial score (nSPS) is 9.88. The summed E-state index contributed by atoms with van der Waals surface area (Å²) in [6, 6.07) is 3.41. The Morgan fingerprint density at radius 3 is 2.62 bits per heavy atom. The van der Waals surface area contributed by atoms with Crippen LogP contribution < -0.4 is 10.6 Å². The van der Waals surface area contributed by atoms with E-state index in [0.29, 0.717) is 0 Å². The fourth-order valence-electron chi connectivity index (χ4n) is 1.13. The van der Waals surface area contributed by atoms with Crippen LogP contribution in [0.4, 0.5) is 10.1 Å². The number of carbonyl (C=O) groups is 2. The summed E-state index contributed by atoms with van der Waals surface area (Å²) in [6.07, 6.45) is 0. The van der Waals surface area contributed by atoms with Crippen LogP contribution >= 0.6 is 0 Å². The third kappa shape index (κ3) is 3.03. The Labute approximate surface area is 91.3 Å². The lowest BCUT2D eigenvalue weighted by Gasteiger charge is -2.05. The molecule has 0 radical (unpaired) electrons. The number of hydrogen-bond acceptors (Lipinski definition) is 3. The van der Waals surface area contributed by atoms with Gasteiger partial charge < -0.3 is 15.7 Å². The number of carbonyl (C=O) groups excluding carboxylic acids is 1. The highest BCUT2D eigenvalue weighted by Gasteiger charge is 2.11. The minimum absolute atomic E-state index is 0.0995. The number of aromatic carboxylic acids is 1. The van der Waals surface area contributed by atoms with Gasteiger partial charge >= 0.3 is 5.97 Å². The second-order valence-corrected chi connectivity index (χ2v) is 3.08. The Bertz CT molecular complexity index is 421. The van der Waals surface area contributed by atoms with E-state index in [2.05, 4.69) is 10.6 Å². The van der Waals surface area contributed by atoms with Gasteiger partial charge in [0.25, 0.3) is 0 Å². The van der Waals surface area contributed by atoms with Crippen LogP contribution in [0.5, 0.6) is 0 Å². The van der Waals surface area contributed by atoms with Crippen LogP contribution in [0.15, 0.2) is 18.2 Å². The van der Waals surface area contributed by atoms with Crippen molar-refractivity contribution in [1.82, 2.24) is 5.32 Å². The molecule has 0 bridgehead atoms. The van der Waals surface area contributed by atoms with E-state index < -0.39 is 17.3 Å². The number of carboxylic acid groups (broad SMARTS) is 1. The molecule has 0 aliphatic rings. The van der Waals surface area contributed by atoms with E-state index in [4.69, 9.17) is 5.11 Å². The zero-order valence-electron chi connectivity index (χ0n) is 8.58. The average molecular weight is 226 g/mol. The maximum atomic E-state index is 13.2. The fraction of sp³-hybridized carbons (Fsp3) is 0.200. The highest BCUT2D eigenvalue weighted by atomic mass is 19.1. The number of amides is 1. The second kappa shape index (κ2) is 5.22. The number of halogens is 1. The highest BCUT2D eigenvalue weighted by molar-refractivity contribution is 5.93. The summed E-state index contributed by atoms with van der Waals surface area (Å²) in [5, 5.41) is 13.6. The molecule has 0 heterocycles. The molecule has 86 valence electrons. The molecule has 0 aromatic heterocycles. The summed E-state index contributed by atoms with van der Waals surface area (Å²) in [7, 11) is 1.60. The monoisotopic (exact) mass is 226 g/mol. The Morgan fingerprint density at radius 2 is 2.12 bits per heavy atom. The Balaban J connectivity index is 2.81. The van der Waals surface area contributed by atoms with Crippen molar-refractivity contribution in [1.29, 1.82) is 0 Å². The number of anilines is 1. The van der Waals surface area contributed by atoms with E-state index in [0.717, 1.165) is 12.1 Å². The summed E-state index contributed by atoms with van der Waals surface area (Å²) in [4.78, 5) is 21.7. The third-order valence-corrected chi connectivity index (χ3v) is 1.82. The molecule has 1 amide bonds. The lowest BCUT2D eigenvalue weighted by molar-refractivity contribution is -0.115. The second-order valence-electron chi connectivity index (χ2n) is 3.08. The van der Waals surface area contributed by atoms with Gasteiger partial charge in [0, 0.05) is 5.69 Å². The van der Waals surface area contributed by atoms with Crippen LogP contribution in [0, 0.1) is 5.82 Å². The van der Waals surface area contributed by atoms with E-state index in [9.17, 15) is 14.0 Å². The third-order valence-electron chi connectivity index (χ3n) is 1.82. The van der Waals surface area contributed by atoms with Gasteiger partial charge in [-0.05, 0) is 25.2 Å². The first-order chi connectivity index (χ1) is 7.54. The molecule has 5 nitrogen and oxygen atoms in total. The molecule has 0 unspecified atom stereocenters. The molecule has 0 spiro atoms. The molecule has 16 heavy (non-hydrogen) atoms. The van der Waals surface area contributed by atoms with Gasteiger partial charge in [-0.25, -0.2) is 9.18 Å². The average Bonchev–Trinajstić information content (AvgIpc) is 2.17.